The van der Waals surface area contributed by atoms with E-state index in [-0.39, 0.29) is 5.92 Å². The molecule has 2 fully saturated rings. The zero-order chi connectivity index (χ0) is 11.1. The topological polar surface area (TPSA) is 40.5 Å². The van der Waals surface area contributed by atoms with Crippen LogP contribution in [-0.2, 0) is 4.79 Å². The van der Waals surface area contributed by atoms with Crippen molar-refractivity contribution >= 4 is 5.97 Å². The van der Waals surface area contributed by atoms with Crippen molar-refractivity contribution in [2.45, 2.75) is 45.6 Å². The SMILES string of the molecule is CC1(C)CCC1N1CCC(C(=O)O)CC1. The van der Waals surface area contributed by atoms with Gasteiger partial charge in [0.15, 0.2) is 0 Å². The molecule has 0 amide bonds. The Hall–Kier alpha value is -0.570. The number of rotatable bonds is 2. The van der Waals surface area contributed by atoms with Gasteiger partial charge >= 0.3 is 5.97 Å². The highest BCUT2D eigenvalue weighted by atomic mass is 16.4. The zero-order valence-corrected chi connectivity index (χ0v) is 9.70. The van der Waals surface area contributed by atoms with Crippen LogP contribution in [-0.4, -0.2) is 35.1 Å². The zero-order valence-electron chi connectivity index (χ0n) is 9.70. The molecule has 0 radical (unpaired) electrons. The Morgan fingerprint density at radius 1 is 1.27 bits per heavy atom. The minimum absolute atomic E-state index is 0.0931. The van der Waals surface area contributed by atoms with E-state index in [1.54, 1.807) is 0 Å². The lowest BCUT2D eigenvalue weighted by molar-refractivity contribution is -0.144. The van der Waals surface area contributed by atoms with Crippen LogP contribution in [0.4, 0.5) is 0 Å². The highest BCUT2D eigenvalue weighted by Gasteiger charge is 2.43. The van der Waals surface area contributed by atoms with Gasteiger partial charge in [0.1, 0.15) is 0 Å². The number of nitrogens with zero attached hydrogens (tertiary/aromatic N) is 1. The van der Waals surface area contributed by atoms with Crippen LogP contribution in [0.1, 0.15) is 39.5 Å². The third-order valence-electron chi connectivity index (χ3n) is 4.28. The van der Waals surface area contributed by atoms with Gasteiger partial charge in [-0.2, -0.15) is 0 Å². The fourth-order valence-corrected chi connectivity index (χ4v) is 2.99. The summed E-state index contributed by atoms with van der Waals surface area (Å²) in [7, 11) is 0. The van der Waals surface area contributed by atoms with Crippen molar-refractivity contribution in [1.82, 2.24) is 4.90 Å². The molecule has 1 heterocycles. The molecule has 0 aromatic heterocycles. The summed E-state index contributed by atoms with van der Waals surface area (Å²) in [4.78, 5) is 13.3. The predicted octanol–water partition coefficient (Wildman–Crippen LogP) is 1.97. The Labute approximate surface area is 91.5 Å². The molecule has 15 heavy (non-hydrogen) atoms. The highest BCUT2D eigenvalue weighted by Crippen LogP contribution is 2.44. The molecule has 3 heteroatoms. The monoisotopic (exact) mass is 211 g/mol. The Morgan fingerprint density at radius 3 is 2.20 bits per heavy atom. The molecule has 3 nitrogen and oxygen atoms in total. The lowest BCUT2D eigenvalue weighted by Gasteiger charge is -2.52. The Balaban J connectivity index is 1.86. The molecule has 1 unspecified atom stereocenters. The molecule has 1 saturated heterocycles. The normalized spacial score (nSPS) is 32.3. The minimum atomic E-state index is -0.609. The van der Waals surface area contributed by atoms with Gasteiger partial charge in [-0.05, 0) is 44.2 Å². The van der Waals surface area contributed by atoms with Crippen LogP contribution in [0.5, 0.6) is 0 Å². The molecule has 2 aliphatic rings. The molecule has 1 N–H and O–H groups in total. The maximum atomic E-state index is 10.8. The van der Waals surface area contributed by atoms with E-state index in [0.717, 1.165) is 25.9 Å². The number of carboxylic acids is 1. The summed E-state index contributed by atoms with van der Waals surface area (Å²) < 4.78 is 0. The summed E-state index contributed by atoms with van der Waals surface area (Å²) in [5, 5.41) is 8.92. The second kappa shape index (κ2) is 3.78. The van der Waals surface area contributed by atoms with Gasteiger partial charge in [-0.3, -0.25) is 9.69 Å². The Bertz CT molecular complexity index is 254. The van der Waals surface area contributed by atoms with Gasteiger partial charge in [0, 0.05) is 6.04 Å². The van der Waals surface area contributed by atoms with Crippen molar-refractivity contribution in [2.24, 2.45) is 11.3 Å². The molecule has 2 rings (SSSR count). The van der Waals surface area contributed by atoms with Crippen molar-refractivity contribution < 1.29 is 9.90 Å². The third kappa shape index (κ3) is 2.03. The van der Waals surface area contributed by atoms with E-state index in [4.69, 9.17) is 5.11 Å². The smallest absolute Gasteiger partial charge is 0.306 e. The maximum Gasteiger partial charge on any atom is 0.306 e. The van der Waals surface area contributed by atoms with Gasteiger partial charge in [-0.25, -0.2) is 0 Å². The average Bonchev–Trinajstić information content (AvgIpc) is 2.17. The number of hydrogen-bond acceptors (Lipinski definition) is 2. The number of carboxylic acid groups (broad SMARTS) is 1. The molecule has 0 aromatic carbocycles. The number of carbonyl (C=O) groups is 1. The van der Waals surface area contributed by atoms with Gasteiger partial charge in [-0.15, -0.1) is 0 Å². The molecule has 86 valence electrons. The maximum absolute atomic E-state index is 10.8. The molecule has 0 bridgehead atoms. The van der Waals surface area contributed by atoms with Crippen LogP contribution in [0.3, 0.4) is 0 Å². The average molecular weight is 211 g/mol. The van der Waals surface area contributed by atoms with Crippen LogP contribution < -0.4 is 0 Å². The van der Waals surface area contributed by atoms with Crippen LogP contribution in [0, 0.1) is 11.3 Å². The first-order chi connectivity index (χ1) is 7.00. The van der Waals surface area contributed by atoms with Crippen LogP contribution in [0.25, 0.3) is 0 Å². The fraction of sp³-hybridized carbons (Fsp3) is 0.917. The van der Waals surface area contributed by atoms with Crippen molar-refractivity contribution in [2.75, 3.05) is 13.1 Å². The predicted molar refractivity (Wildman–Crippen MR) is 58.7 cm³/mol. The van der Waals surface area contributed by atoms with E-state index in [9.17, 15) is 4.79 Å². The first kappa shape index (κ1) is 10.9. The summed E-state index contributed by atoms with van der Waals surface area (Å²) in [5.74, 6) is -0.702. The number of aliphatic carboxylic acids is 1. The molecule has 1 atom stereocenters. The molecule has 1 aliphatic heterocycles. The molecular weight excluding hydrogens is 190 g/mol. The standard InChI is InChI=1S/C12H21NO2/c1-12(2)6-3-10(12)13-7-4-9(5-8-13)11(14)15/h9-10H,3-8H2,1-2H3,(H,14,15). The number of piperidine rings is 1. The molecule has 0 aromatic rings. The lowest BCUT2D eigenvalue weighted by Crippen LogP contribution is -2.54. The van der Waals surface area contributed by atoms with Gasteiger partial charge in [0.2, 0.25) is 0 Å². The van der Waals surface area contributed by atoms with Crippen LogP contribution in [0.2, 0.25) is 0 Å². The van der Waals surface area contributed by atoms with Gasteiger partial charge in [0.05, 0.1) is 5.92 Å². The van der Waals surface area contributed by atoms with Crippen molar-refractivity contribution in [1.29, 1.82) is 0 Å². The second-order valence-corrected chi connectivity index (χ2v) is 5.69. The number of likely N-dealkylation sites (tertiary alicyclic amines) is 1. The largest absolute Gasteiger partial charge is 0.481 e. The Morgan fingerprint density at radius 2 is 1.87 bits per heavy atom. The van der Waals surface area contributed by atoms with Crippen molar-refractivity contribution in [3.05, 3.63) is 0 Å². The van der Waals surface area contributed by atoms with E-state index in [1.807, 2.05) is 0 Å². The van der Waals surface area contributed by atoms with Gasteiger partial charge in [-0.1, -0.05) is 13.8 Å². The molecular formula is C12H21NO2. The van der Waals surface area contributed by atoms with Gasteiger partial charge in [0.25, 0.3) is 0 Å². The molecule has 0 spiro atoms. The number of hydrogen-bond donors (Lipinski definition) is 1. The van der Waals surface area contributed by atoms with Crippen LogP contribution in [0.15, 0.2) is 0 Å². The minimum Gasteiger partial charge on any atom is -0.481 e. The van der Waals surface area contributed by atoms with Crippen molar-refractivity contribution in [3.63, 3.8) is 0 Å². The van der Waals surface area contributed by atoms with E-state index in [0.29, 0.717) is 11.5 Å². The third-order valence-corrected chi connectivity index (χ3v) is 4.28. The summed E-state index contributed by atoms with van der Waals surface area (Å²) in [6.45, 7) is 6.60. The summed E-state index contributed by atoms with van der Waals surface area (Å²) in [6.07, 6.45) is 4.28. The quantitative estimate of drug-likeness (QED) is 0.759. The molecule has 1 saturated carbocycles. The van der Waals surface area contributed by atoms with Crippen LogP contribution >= 0.6 is 0 Å². The first-order valence-corrected chi connectivity index (χ1v) is 5.97. The molecule has 1 aliphatic carbocycles. The Kier molecular flexibility index (Phi) is 2.75. The lowest BCUT2D eigenvalue weighted by atomic mass is 9.66. The van der Waals surface area contributed by atoms with E-state index >= 15 is 0 Å². The first-order valence-electron chi connectivity index (χ1n) is 5.97. The summed E-state index contributed by atoms with van der Waals surface area (Å²) in [6, 6.07) is 0.701. The van der Waals surface area contributed by atoms with E-state index in [1.165, 1.54) is 12.8 Å². The fourth-order valence-electron chi connectivity index (χ4n) is 2.99. The van der Waals surface area contributed by atoms with E-state index in [2.05, 4.69) is 18.7 Å². The highest BCUT2D eigenvalue weighted by molar-refractivity contribution is 5.70. The van der Waals surface area contributed by atoms with Crippen molar-refractivity contribution in [3.8, 4) is 0 Å². The summed E-state index contributed by atoms with van der Waals surface area (Å²) in [5.41, 5.74) is 0.454. The van der Waals surface area contributed by atoms with Gasteiger partial charge < -0.3 is 5.11 Å². The second-order valence-electron chi connectivity index (χ2n) is 5.69. The van der Waals surface area contributed by atoms with E-state index < -0.39 is 5.97 Å². The summed E-state index contributed by atoms with van der Waals surface area (Å²) >= 11 is 0.